The van der Waals surface area contributed by atoms with E-state index in [1.807, 2.05) is 44.2 Å². The highest BCUT2D eigenvalue weighted by Crippen LogP contribution is 2.78. The minimum Gasteiger partial charge on any atom is -0.462 e. The Balaban J connectivity index is 0.900. The van der Waals surface area contributed by atoms with Gasteiger partial charge in [0, 0.05) is 36.6 Å². The van der Waals surface area contributed by atoms with Gasteiger partial charge in [0.25, 0.3) is 0 Å². The van der Waals surface area contributed by atoms with Gasteiger partial charge < -0.3 is 19.2 Å². The number of fused-ring (bicyclic) bond motifs is 7. The number of nitrogens with one attached hydrogen (secondary N) is 1. The topological polar surface area (TPSA) is 111 Å². The summed E-state index contributed by atoms with van der Waals surface area (Å²) in [6.07, 6.45) is 15.1. The third-order valence-corrected chi connectivity index (χ3v) is 29.8. The number of ether oxygens (including phenoxy) is 2. The summed E-state index contributed by atoms with van der Waals surface area (Å²) in [7, 11) is -5.01. The average molecular weight is 992 g/mol. The molecule has 0 spiro atoms. The van der Waals surface area contributed by atoms with Crippen LogP contribution in [0.25, 0.3) is 0 Å². The summed E-state index contributed by atoms with van der Waals surface area (Å²) in [5.74, 6) is 2.66. The predicted molar refractivity (Wildman–Crippen MR) is 278 cm³/mol. The normalized spacial score (nSPS) is 41.2. The van der Waals surface area contributed by atoms with Crippen LogP contribution in [0.2, 0.25) is 18.1 Å². The molecule has 7 aliphatic carbocycles. The lowest BCUT2D eigenvalue weighted by Crippen LogP contribution is -2.69. The summed E-state index contributed by atoms with van der Waals surface area (Å²) in [6, 6.07) is 9.95. The van der Waals surface area contributed by atoms with Crippen molar-refractivity contribution in [1.29, 1.82) is 0 Å². The van der Waals surface area contributed by atoms with E-state index >= 15 is 0 Å². The summed E-state index contributed by atoms with van der Waals surface area (Å²) in [4.78, 5) is 29.9. The Hall–Kier alpha value is -1.79. The van der Waals surface area contributed by atoms with Crippen LogP contribution < -0.4 is 5.32 Å². The highest BCUT2D eigenvalue weighted by atomic mass is 32.2. The molecule has 0 amide bonds. The zero-order valence-electron chi connectivity index (χ0n) is 45.4. The van der Waals surface area contributed by atoms with Gasteiger partial charge >= 0.3 is 11.9 Å². The quantitative estimate of drug-likeness (QED) is 0.153. The van der Waals surface area contributed by atoms with Gasteiger partial charge in [-0.3, -0.25) is 14.5 Å². The number of sulfone groups is 1. The first-order chi connectivity index (χ1) is 32.0. The molecule has 11 heteroatoms. The van der Waals surface area contributed by atoms with E-state index in [4.69, 9.17) is 13.9 Å². The van der Waals surface area contributed by atoms with Crippen LogP contribution in [-0.4, -0.2) is 89.0 Å². The van der Waals surface area contributed by atoms with Crippen molar-refractivity contribution in [2.24, 2.45) is 73.9 Å². The molecule has 0 aromatic heterocycles. The van der Waals surface area contributed by atoms with Crippen LogP contribution in [0.3, 0.4) is 0 Å². The molecule has 1 aromatic rings. The second kappa shape index (κ2) is 17.7. The maximum absolute atomic E-state index is 14.2. The molecule has 69 heavy (non-hydrogen) atoms. The number of nitrogens with zero attached hydrogens (tertiary/aromatic N) is 1. The van der Waals surface area contributed by atoms with E-state index in [1.54, 1.807) is 0 Å². The van der Waals surface area contributed by atoms with Gasteiger partial charge in [0.05, 0.1) is 29.9 Å². The minimum absolute atomic E-state index is 0.100. The van der Waals surface area contributed by atoms with Crippen LogP contribution in [-0.2, 0) is 39.9 Å². The zero-order chi connectivity index (χ0) is 50.0. The van der Waals surface area contributed by atoms with Crippen molar-refractivity contribution in [3.05, 3.63) is 35.9 Å². The molecule has 8 aliphatic rings. The van der Waals surface area contributed by atoms with E-state index in [2.05, 4.69) is 85.6 Å². The van der Waals surface area contributed by atoms with Crippen molar-refractivity contribution in [3.63, 3.8) is 0 Å². The third-order valence-electron chi connectivity index (χ3n) is 23.7. The Morgan fingerprint density at radius 1 is 0.754 bits per heavy atom. The maximum Gasteiger partial charge on any atom is 0.309 e. The lowest BCUT2D eigenvalue weighted by molar-refractivity contribution is -0.250. The van der Waals surface area contributed by atoms with Crippen molar-refractivity contribution in [3.8, 4) is 0 Å². The Morgan fingerprint density at radius 2 is 1.42 bits per heavy atom. The van der Waals surface area contributed by atoms with Gasteiger partial charge in [-0.25, -0.2) is 8.42 Å². The molecule has 388 valence electrons. The van der Waals surface area contributed by atoms with Gasteiger partial charge in [0.1, 0.15) is 12.7 Å². The molecule has 1 aliphatic heterocycles. The number of benzene rings is 1. The molecule has 1 heterocycles. The summed E-state index contributed by atoms with van der Waals surface area (Å²) in [5.41, 5.74) is 1.47. The molecule has 13 atom stereocenters. The fourth-order valence-electron chi connectivity index (χ4n) is 17.4. The molecule has 0 radical (unpaired) electrons. The minimum atomic E-state index is -2.99. The fourth-order valence-corrected chi connectivity index (χ4v) is 19.7. The van der Waals surface area contributed by atoms with E-state index in [-0.39, 0.29) is 86.3 Å². The molecule has 0 bridgehead atoms. The molecule has 1 N–H and O–H groups in total. The molecule has 7 saturated carbocycles. The monoisotopic (exact) mass is 991 g/mol. The van der Waals surface area contributed by atoms with Crippen LogP contribution >= 0.6 is 0 Å². The van der Waals surface area contributed by atoms with Crippen LogP contribution in [0, 0.1) is 73.9 Å². The van der Waals surface area contributed by atoms with Gasteiger partial charge in [-0.2, -0.15) is 0 Å². The highest BCUT2D eigenvalue weighted by Gasteiger charge is 2.73. The molecule has 0 unspecified atom stereocenters. The fraction of sp³-hybridized carbons (Fsp3) is 0.862. The highest BCUT2D eigenvalue weighted by molar-refractivity contribution is 7.91. The first-order valence-corrected chi connectivity index (χ1v) is 32.5. The number of rotatable bonds is 13. The molecular weight excluding hydrogens is 897 g/mol. The van der Waals surface area contributed by atoms with Crippen molar-refractivity contribution in [2.45, 2.75) is 202 Å². The lowest BCUT2D eigenvalue weighted by atomic mass is 9.32. The Kier molecular flexibility index (Phi) is 13.3. The second-order valence-corrected chi connectivity index (χ2v) is 35.6. The third kappa shape index (κ3) is 8.79. The molecule has 9 nitrogen and oxygen atoms in total. The van der Waals surface area contributed by atoms with Crippen molar-refractivity contribution in [1.82, 2.24) is 10.2 Å². The van der Waals surface area contributed by atoms with Crippen molar-refractivity contribution in [2.75, 3.05) is 37.7 Å². The molecule has 8 fully saturated rings. The lowest BCUT2D eigenvalue weighted by Gasteiger charge is -2.73. The Morgan fingerprint density at radius 3 is 2.06 bits per heavy atom. The van der Waals surface area contributed by atoms with Crippen LogP contribution in [0.4, 0.5) is 0 Å². The van der Waals surface area contributed by atoms with Crippen LogP contribution in [0.1, 0.15) is 165 Å². The van der Waals surface area contributed by atoms with E-state index in [1.165, 1.54) is 64.2 Å². The SMILES string of the molecule is CC1([C@@H]2CC[C@]3(NC[C@@H](CO[Si](C)(C)C(C)(C)C)N4CCS(=O)(=O)CC4)CC[C@]4(C)[C@H](CC[C@@H]5[C@@]6(C)CC[C@H](OC(=O)[C@H]7C[C@@H](C(=O)OCc8ccccc8)C7(C)C)C(C)(C)[C@@H]6CC[C@]54C)[C@@H]23)CC1. The smallest absolute Gasteiger partial charge is 0.309 e. The largest absolute Gasteiger partial charge is 0.462 e. The van der Waals surface area contributed by atoms with Crippen LogP contribution in [0.15, 0.2) is 30.3 Å². The van der Waals surface area contributed by atoms with Crippen molar-refractivity contribution >= 4 is 30.1 Å². The number of hydrogen-bond donors (Lipinski definition) is 1. The van der Waals surface area contributed by atoms with Gasteiger partial charge in [0.15, 0.2) is 18.2 Å². The maximum atomic E-state index is 14.2. The van der Waals surface area contributed by atoms with E-state index < -0.39 is 23.6 Å². The first-order valence-electron chi connectivity index (χ1n) is 27.8. The summed E-state index contributed by atoms with van der Waals surface area (Å²) in [5, 5.41) is 4.57. The first kappa shape index (κ1) is 52.1. The average Bonchev–Trinajstić information content (AvgIpc) is 3.89. The van der Waals surface area contributed by atoms with Gasteiger partial charge in [0.2, 0.25) is 0 Å². The molecular formula is C58H94N2O7SSi. The summed E-state index contributed by atoms with van der Waals surface area (Å²) in [6.45, 7) is 34.3. The van der Waals surface area contributed by atoms with Gasteiger partial charge in [-0.1, -0.05) is 106 Å². The Bertz CT molecular complexity index is 2190. The van der Waals surface area contributed by atoms with Crippen LogP contribution in [0.5, 0.6) is 0 Å². The molecule has 1 aromatic carbocycles. The van der Waals surface area contributed by atoms with Gasteiger partial charge in [-0.15, -0.1) is 0 Å². The van der Waals surface area contributed by atoms with Crippen molar-refractivity contribution < 1.29 is 31.9 Å². The number of carbonyl (C=O) groups is 2. The predicted octanol–water partition coefficient (Wildman–Crippen LogP) is 11.6. The number of carbonyl (C=O) groups excluding carboxylic acids is 2. The Labute approximate surface area is 419 Å². The number of hydrogen-bond acceptors (Lipinski definition) is 9. The van der Waals surface area contributed by atoms with E-state index in [9.17, 15) is 18.0 Å². The molecule has 1 saturated heterocycles. The molecule has 9 rings (SSSR count). The van der Waals surface area contributed by atoms with E-state index in [0.717, 1.165) is 30.9 Å². The van der Waals surface area contributed by atoms with E-state index in [0.29, 0.717) is 55.2 Å². The van der Waals surface area contributed by atoms with Gasteiger partial charge in [-0.05, 0) is 164 Å². The number of esters is 2. The zero-order valence-corrected chi connectivity index (χ0v) is 47.3. The standard InChI is InChI=1S/C58H94N2O7SSi/c1-51(2,3)69(12,13)66-38-40(60-31-33-68(63,64)34-32-60)36-59-58-26-21-41(54(8)27-28-54)48(58)42-19-20-46-55(9)24-23-47(53(6,7)45(55)22-25-57(46,11)56(42,10)29-30-58)67-50(62)44-35-43(52(44,4)5)49(61)65-37-39-17-15-14-16-18-39/h14-18,40-48,59H,19-38H2,1-13H3/t40-,41+,42+,43-,44+,45-,46+,47-,48+,55-,56+,57+,58-/m0/s1. The summed E-state index contributed by atoms with van der Waals surface area (Å²) >= 11 is 0. The second-order valence-electron chi connectivity index (χ2n) is 28.5. The summed E-state index contributed by atoms with van der Waals surface area (Å²) < 4.78 is 44.7.